The van der Waals surface area contributed by atoms with Crippen molar-refractivity contribution in [2.24, 2.45) is 0 Å². The fourth-order valence-electron chi connectivity index (χ4n) is 2.82. The molecular weight excluding hydrogens is 328 g/mol. The molecule has 4 nitrogen and oxygen atoms in total. The van der Waals surface area contributed by atoms with Crippen LogP contribution in [-0.2, 0) is 0 Å². The van der Waals surface area contributed by atoms with Gasteiger partial charge in [0, 0.05) is 5.39 Å². The lowest BCUT2D eigenvalue weighted by molar-refractivity contribution is 0.362. The lowest BCUT2D eigenvalue weighted by Crippen LogP contribution is -2.06. The molecule has 0 bridgehead atoms. The highest BCUT2D eigenvalue weighted by molar-refractivity contribution is 5.87. The van der Waals surface area contributed by atoms with Crippen molar-refractivity contribution in [2.75, 3.05) is 13.7 Å². The summed E-state index contributed by atoms with van der Waals surface area (Å²) < 4.78 is 16.5. The molecule has 1 heterocycles. The Bertz CT molecular complexity index is 1010. The number of benzene rings is 2. The van der Waals surface area contributed by atoms with E-state index < -0.39 is 0 Å². The molecule has 3 aromatic rings. The minimum absolute atomic E-state index is 0.349. The molecule has 4 heteroatoms. The Morgan fingerprint density at radius 1 is 1.08 bits per heavy atom. The summed E-state index contributed by atoms with van der Waals surface area (Å²) in [6.07, 6.45) is 2.02. The van der Waals surface area contributed by atoms with Crippen LogP contribution in [0.15, 0.2) is 63.3 Å². The Kier molecular flexibility index (Phi) is 5.12. The van der Waals surface area contributed by atoms with Gasteiger partial charge in [0.1, 0.15) is 23.7 Å². The zero-order chi connectivity index (χ0) is 18.7. The lowest BCUT2D eigenvalue weighted by atomic mass is 9.99. The van der Waals surface area contributed by atoms with Gasteiger partial charge in [0.2, 0.25) is 0 Å². The molecular formula is C22H22O4. The summed E-state index contributed by atoms with van der Waals surface area (Å²) in [6, 6.07) is 12.9. The fourth-order valence-corrected chi connectivity index (χ4v) is 2.82. The highest BCUT2D eigenvalue weighted by Crippen LogP contribution is 2.30. The molecule has 0 saturated heterocycles. The van der Waals surface area contributed by atoms with Crippen LogP contribution in [0.3, 0.4) is 0 Å². The average molecular weight is 350 g/mol. The molecule has 3 rings (SSSR count). The van der Waals surface area contributed by atoms with Crippen molar-refractivity contribution in [1.29, 1.82) is 0 Å². The van der Waals surface area contributed by atoms with Crippen molar-refractivity contribution >= 4 is 11.0 Å². The van der Waals surface area contributed by atoms with E-state index in [0.29, 0.717) is 17.8 Å². The molecule has 0 amide bonds. The van der Waals surface area contributed by atoms with Gasteiger partial charge in [-0.2, -0.15) is 0 Å². The van der Waals surface area contributed by atoms with Crippen molar-refractivity contribution < 1.29 is 13.9 Å². The van der Waals surface area contributed by atoms with Crippen molar-refractivity contribution in [3.05, 3.63) is 70.1 Å². The standard InChI is InChI=1S/C22H22O4/c1-14(2)11-12-25-18-9-10-20-19(13-18)15(3)21(22(23)26-20)16-5-7-17(24-4)8-6-16/h5-11,13H,12H2,1-4H3. The van der Waals surface area contributed by atoms with E-state index in [9.17, 15) is 4.79 Å². The molecule has 0 N–H and O–H groups in total. The first kappa shape index (κ1) is 17.8. The van der Waals surface area contributed by atoms with Gasteiger partial charge in [0.15, 0.2) is 0 Å². The first-order valence-electron chi connectivity index (χ1n) is 8.47. The highest BCUT2D eigenvalue weighted by Gasteiger charge is 2.14. The number of fused-ring (bicyclic) bond motifs is 1. The van der Waals surface area contributed by atoms with Crippen LogP contribution in [0.1, 0.15) is 19.4 Å². The smallest absolute Gasteiger partial charge is 0.344 e. The normalized spacial score (nSPS) is 10.6. The van der Waals surface area contributed by atoms with Crippen molar-refractivity contribution in [3.63, 3.8) is 0 Å². The van der Waals surface area contributed by atoms with Crippen LogP contribution >= 0.6 is 0 Å². The quantitative estimate of drug-likeness (QED) is 0.473. The molecule has 0 fully saturated rings. The second-order valence-corrected chi connectivity index (χ2v) is 6.37. The number of hydrogen-bond acceptors (Lipinski definition) is 4. The van der Waals surface area contributed by atoms with E-state index in [1.54, 1.807) is 13.2 Å². The van der Waals surface area contributed by atoms with Crippen LogP contribution in [0.2, 0.25) is 0 Å². The summed E-state index contributed by atoms with van der Waals surface area (Å²) in [4.78, 5) is 12.5. The molecule has 0 radical (unpaired) electrons. The Labute approximate surface area is 152 Å². The monoisotopic (exact) mass is 350 g/mol. The molecule has 0 aliphatic rings. The van der Waals surface area contributed by atoms with Gasteiger partial charge in [-0.3, -0.25) is 0 Å². The summed E-state index contributed by atoms with van der Waals surface area (Å²) in [5.41, 5.74) is 3.64. The summed E-state index contributed by atoms with van der Waals surface area (Å²) in [5, 5.41) is 0.866. The summed E-state index contributed by atoms with van der Waals surface area (Å²) in [6.45, 7) is 6.50. The number of methoxy groups -OCH3 is 1. The zero-order valence-corrected chi connectivity index (χ0v) is 15.5. The van der Waals surface area contributed by atoms with Gasteiger partial charge in [0.25, 0.3) is 0 Å². The zero-order valence-electron chi connectivity index (χ0n) is 15.5. The summed E-state index contributed by atoms with van der Waals surface area (Å²) in [7, 11) is 1.61. The van der Waals surface area contributed by atoms with Crippen LogP contribution in [0.5, 0.6) is 11.5 Å². The first-order chi connectivity index (χ1) is 12.5. The van der Waals surface area contributed by atoms with Crippen molar-refractivity contribution in [3.8, 4) is 22.6 Å². The largest absolute Gasteiger partial charge is 0.497 e. The Morgan fingerprint density at radius 2 is 1.77 bits per heavy atom. The fraction of sp³-hybridized carbons (Fsp3) is 0.227. The highest BCUT2D eigenvalue weighted by atomic mass is 16.5. The van der Waals surface area contributed by atoms with Gasteiger partial charge < -0.3 is 13.9 Å². The van der Waals surface area contributed by atoms with Crippen LogP contribution in [0.4, 0.5) is 0 Å². The first-order valence-corrected chi connectivity index (χ1v) is 8.47. The predicted octanol–water partition coefficient (Wildman–Crippen LogP) is 5.12. The van der Waals surface area contributed by atoms with Gasteiger partial charge in [-0.15, -0.1) is 0 Å². The van der Waals surface area contributed by atoms with Crippen LogP contribution in [-0.4, -0.2) is 13.7 Å². The molecule has 0 aliphatic carbocycles. The molecule has 0 aliphatic heterocycles. The molecule has 0 saturated carbocycles. The number of rotatable bonds is 5. The number of aryl methyl sites for hydroxylation is 1. The maximum Gasteiger partial charge on any atom is 0.344 e. The van der Waals surface area contributed by atoms with Crippen molar-refractivity contribution in [2.45, 2.75) is 20.8 Å². The Hall–Kier alpha value is -3.01. The third kappa shape index (κ3) is 3.64. The van der Waals surface area contributed by atoms with Gasteiger partial charge in [-0.1, -0.05) is 17.7 Å². The van der Waals surface area contributed by atoms with Gasteiger partial charge in [0.05, 0.1) is 12.7 Å². The van der Waals surface area contributed by atoms with E-state index in [1.165, 1.54) is 5.57 Å². The van der Waals surface area contributed by atoms with Gasteiger partial charge >= 0.3 is 5.63 Å². The Balaban J connectivity index is 2.06. The van der Waals surface area contributed by atoms with Crippen molar-refractivity contribution in [1.82, 2.24) is 0 Å². The second-order valence-electron chi connectivity index (χ2n) is 6.37. The molecule has 0 spiro atoms. The van der Waals surface area contributed by atoms with Crippen LogP contribution in [0, 0.1) is 6.92 Å². The van der Waals surface area contributed by atoms with Crippen LogP contribution in [0.25, 0.3) is 22.1 Å². The minimum atomic E-state index is -0.349. The number of hydrogen-bond donors (Lipinski definition) is 0. The second kappa shape index (κ2) is 7.48. The van der Waals surface area contributed by atoms with E-state index in [4.69, 9.17) is 13.9 Å². The molecule has 26 heavy (non-hydrogen) atoms. The predicted molar refractivity (Wildman–Crippen MR) is 104 cm³/mol. The molecule has 134 valence electrons. The molecule has 1 aromatic heterocycles. The summed E-state index contributed by atoms with van der Waals surface area (Å²) >= 11 is 0. The Morgan fingerprint density at radius 3 is 2.42 bits per heavy atom. The topological polar surface area (TPSA) is 48.7 Å². The third-order valence-electron chi connectivity index (χ3n) is 4.26. The maximum absolute atomic E-state index is 12.5. The van der Waals surface area contributed by atoms with Gasteiger partial charge in [-0.05, 0) is 68.3 Å². The van der Waals surface area contributed by atoms with E-state index in [0.717, 1.165) is 28.0 Å². The molecule has 2 aromatic carbocycles. The minimum Gasteiger partial charge on any atom is -0.497 e. The molecule has 0 unspecified atom stereocenters. The number of ether oxygens (including phenoxy) is 2. The number of allylic oxidation sites excluding steroid dienone is 1. The third-order valence-corrected chi connectivity index (χ3v) is 4.26. The van der Waals surface area contributed by atoms with E-state index in [-0.39, 0.29) is 5.63 Å². The molecule has 0 atom stereocenters. The summed E-state index contributed by atoms with van der Waals surface area (Å²) in [5.74, 6) is 1.49. The van der Waals surface area contributed by atoms with Crippen LogP contribution < -0.4 is 15.1 Å². The van der Waals surface area contributed by atoms with E-state index in [1.807, 2.05) is 63.2 Å². The maximum atomic E-state index is 12.5. The average Bonchev–Trinajstić information content (AvgIpc) is 2.62. The van der Waals surface area contributed by atoms with E-state index >= 15 is 0 Å². The van der Waals surface area contributed by atoms with E-state index in [2.05, 4.69) is 0 Å². The van der Waals surface area contributed by atoms with Gasteiger partial charge in [-0.25, -0.2) is 4.79 Å². The lowest BCUT2D eigenvalue weighted by Gasteiger charge is -2.10. The SMILES string of the molecule is COc1ccc(-c2c(C)c3cc(OCC=C(C)C)ccc3oc2=O)cc1.